The van der Waals surface area contributed by atoms with Crippen LogP contribution in [0.15, 0.2) is 81.7 Å². The summed E-state index contributed by atoms with van der Waals surface area (Å²) in [6.07, 6.45) is 0. The van der Waals surface area contributed by atoms with Crippen LogP contribution in [-0.4, -0.2) is 45.8 Å². The van der Waals surface area contributed by atoms with Gasteiger partial charge in [0.1, 0.15) is 16.8 Å². The van der Waals surface area contributed by atoms with Gasteiger partial charge in [0.05, 0.1) is 33.9 Å². The topological polar surface area (TPSA) is 166 Å². The van der Waals surface area contributed by atoms with E-state index < -0.39 is 22.8 Å². The molecule has 0 radical (unpaired) electrons. The van der Waals surface area contributed by atoms with Crippen molar-refractivity contribution in [3.8, 4) is 6.07 Å². The van der Waals surface area contributed by atoms with Crippen LogP contribution in [0.3, 0.4) is 0 Å². The number of halogens is 2. The van der Waals surface area contributed by atoms with E-state index in [1.165, 1.54) is 0 Å². The Morgan fingerprint density at radius 3 is 1.19 bits per heavy atom. The van der Waals surface area contributed by atoms with Gasteiger partial charge in [-0.15, -0.1) is 0 Å². The number of nitriles is 1. The molecule has 4 aromatic carbocycles. The summed E-state index contributed by atoms with van der Waals surface area (Å²) in [4.78, 5) is 45.9. The Kier molecular flexibility index (Phi) is 19.7. The smallest absolute Gasteiger partial charge is 0.338 e. The first-order valence-electron chi connectivity index (χ1n) is 18.3. The van der Waals surface area contributed by atoms with Gasteiger partial charge in [-0.2, -0.15) is 5.26 Å². The number of esters is 3. The van der Waals surface area contributed by atoms with Crippen LogP contribution in [0, 0.1) is 39.0 Å². The van der Waals surface area contributed by atoms with Gasteiger partial charge in [-0.25, -0.2) is 19.2 Å². The monoisotopic (exact) mass is 922 g/mol. The van der Waals surface area contributed by atoms with E-state index in [1.807, 2.05) is 106 Å². The van der Waals surface area contributed by atoms with Gasteiger partial charge < -0.3 is 25.1 Å². The molecule has 0 saturated carbocycles. The number of ether oxygens (including phenoxy) is 3. The molecule has 0 fully saturated rings. The third-order valence-corrected chi connectivity index (χ3v) is 8.33. The first kappa shape index (κ1) is 51.2. The molecule has 0 aliphatic carbocycles. The highest BCUT2D eigenvalue weighted by Crippen LogP contribution is 2.21. The van der Waals surface area contributed by atoms with Crippen LogP contribution < -0.4 is 5.73 Å². The number of rotatable bonds is 5. The maximum absolute atomic E-state index is 11.8. The predicted octanol–water partition coefficient (Wildman–Crippen LogP) is 11.4. The highest BCUT2D eigenvalue weighted by Gasteiger charge is 2.21. The van der Waals surface area contributed by atoms with E-state index in [0.717, 1.165) is 36.8 Å². The largest absolute Gasteiger partial charge is 0.478 e. The summed E-state index contributed by atoms with van der Waals surface area (Å²) in [7, 11) is 0. The van der Waals surface area contributed by atoms with Crippen LogP contribution in [0.2, 0.25) is 0 Å². The second-order valence-electron chi connectivity index (χ2n) is 16.2. The molecular formula is C46H56Br2N2O8. The average Bonchev–Trinajstić information content (AvgIpc) is 3.06. The van der Waals surface area contributed by atoms with Gasteiger partial charge in [-0.1, -0.05) is 44.0 Å². The van der Waals surface area contributed by atoms with E-state index in [-0.39, 0.29) is 17.9 Å². The summed E-state index contributed by atoms with van der Waals surface area (Å²) < 4.78 is 17.7. The van der Waals surface area contributed by atoms with E-state index in [1.54, 1.807) is 62.4 Å². The lowest BCUT2D eigenvalue weighted by Crippen LogP contribution is -2.24. The van der Waals surface area contributed by atoms with Crippen LogP contribution >= 0.6 is 31.9 Å². The molecule has 312 valence electrons. The molecule has 4 rings (SSSR count). The predicted molar refractivity (Wildman–Crippen MR) is 235 cm³/mol. The molecule has 0 aromatic heterocycles. The normalized spacial score (nSPS) is 10.8. The third kappa shape index (κ3) is 19.1. The van der Waals surface area contributed by atoms with Crippen molar-refractivity contribution in [1.82, 2.24) is 0 Å². The summed E-state index contributed by atoms with van der Waals surface area (Å²) >= 11 is 6.61. The number of benzene rings is 4. The minimum atomic E-state index is -0.880. The number of hydrogen-bond acceptors (Lipinski definition) is 9. The molecule has 0 atom stereocenters. The molecule has 0 aliphatic rings. The fourth-order valence-electron chi connectivity index (χ4n) is 4.77. The van der Waals surface area contributed by atoms with Gasteiger partial charge in [-0.3, -0.25) is 0 Å². The van der Waals surface area contributed by atoms with E-state index in [4.69, 9.17) is 30.3 Å². The highest BCUT2D eigenvalue weighted by atomic mass is 79.9. The van der Waals surface area contributed by atoms with E-state index in [0.29, 0.717) is 34.4 Å². The number of carbonyl (C=O) groups is 4. The fourth-order valence-corrected chi connectivity index (χ4v) is 5.72. The zero-order chi connectivity index (χ0) is 44.8. The van der Waals surface area contributed by atoms with Gasteiger partial charge in [0.2, 0.25) is 0 Å². The van der Waals surface area contributed by atoms with Crippen LogP contribution in [0.25, 0.3) is 0 Å². The van der Waals surface area contributed by atoms with Crippen molar-refractivity contribution in [3.05, 3.63) is 137 Å². The Bertz CT molecular complexity index is 2120. The van der Waals surface area contributed by atoms with Crippen molar-refractivity contribution < 1.29 is 38.5 Å². The van der Waals surface area contributed by atoms with Crippen LogP contribution in [0.4, 0.5) is 0 Å². The van der Waals surface area contributed by atoms with Crippen molar-refractivity contribution in [3.63, 3.8) is 0 Å². The van der Waals surface area contributed by atoms with Crippen molar-refractivity contribution in [2.24, 2.45) is 5.73 Å². The number of aryl methyl sites for hydroxylation is 4. The summed E-state index contributed by atoms with van der Waals surface area (Å²) in [5.41, 5.74) is 11.1. The molecule has 3 N–H and O–H groups in total. The minimum Gasteiger partial charge on any atom is -0.478 e. The van der Waals surface area contributed by atoms with Crippen LogP contribution in [0.5, 0.6) is 0 Å². The molecule has 0 unspecified atom stereocenters. The number of hydrogen-bond donors (Lipinski definition) is 2. The van der Waals surface area contributed by atoms with Crippen LogP contribution in [0.1, 0.15) is 137 Å². The van der Waals surface area contributed by atoms with Crippen molar-refractivity contribution in [1.29, 1.82) is 5.26 Å². The Balaban J connectivity index is 0.000000390. The number of nitrogens with zero attached hydrogens (tertiary/aromatic N) is 1. The number of nitrogens with two attached hydrogens (primary N) is 1. The zero-order valence-electron chi connectivity index (χ0n) is 35.7. The molecule has 0 heterocycles. The Morgan fingerprint density at radius 2 is 0.897 bits per heavy atom. The second kappa shape index (κ2) is 22.4. The first-order valence-corrected chi connectivity index (χ1v) is 19.9. The summed E-state index contributed by atoms with van der Waals surface area (Å²) in [5, 5.41) is 17.4. The second-order valence-corrected chi connectivity index (χ2v) is 18.1. The lowest BCUT2D eigenvalue weighted by molar-refractivity contribution is 0.00560. The Labute approximate surface area is 360 Å². The molecule has 0 saturated heterocycles. The average molecular weight is 925 g/mol. The molecule has 10 nitrogen and oxygen atoms in total. The third-order valence-electron chi connectivity index (χ3n) is 7.35. The zero-order valence-corrected chi connectivity index (χ0v) is 38.9. The lowest BCUT2D eigenvalue weighted by Gasteiger charge is -2.20. The fraction of sp³-hybridized carbons (Fsp3) is 0.370. The quantitative estimate of drug-likeness (QED) is 0.145. The van der Waals surface area contributed by atoms with E-state index in [2.05, 4.69) is 31.9 Å². The standard InChI is InChI=1S/C13H19NO2.C13H15NO2.C12H15BrO2.C8H7BrO2/c2*1-9-7-10(8-14)5-6-11(9)12(15)16-13(2,3)4;1-8-7-9(13)5-6-10(8)11(14)15-12(2,3)4;1-5-4-6(9)2-3-7(5)8(10)11/h5-7H,8,14H2,1-4H3;5-7H,1-4H3;5-7H,1-4H3;2-4H,1H3,(H,10,11). The van der Waals surface area contributed by atoms with Gasteiger partial charge >= 0.3 is 23.9 Å². The van der Waals surface area contributed by atoms with Crippen molar-refractivity contribution in [2.75, 3.05) is 0 Å². The molecular weight excluding hydrogens is 868 g/mol. The Morgan fingerprint density at radius 1 is 0.569 bits per heavy atom. The SMILES string of the molecule is Cc1cc(Br)ccc1C(=O)O.Cc1cc(Br)ccc1C(=O)OC(C)(C)C.Cc1cc(C#N)ccc1C(=O)OC(C)(C)C.Cc1cc(CN)ccc1C(=O)OC(C)(C)C. The molecule has 0 spiro atoms. The van der Waals surface area contributed by atoms with Gasteiger partial charge in [0, 0.05) is 15.5 Å². The molecule has 58 heavy (non-hydrogen) atoms. The number of aromatic carboxylic acids is 1. The molecule has 0 aliphatic heterocycles. The number of carboxylic acids is 1. The minimum absolute atomic E-state index is 0.271. The maximum Gasteiger partial charge on any atom is 0.338 e. The maximum atomic E-state index is 11.8. The number of carbonyl (C=O) groups excluding carboxylic acids is 3. The first-order chi connectivity index (χ1) is 26.6. The lowest BCUT2D eigenvalue weighted by atomic mass is 10.0. The Hall–Kier alpha value is -4.83. The molecule has 0 bridgehead atoms. The van der Waals surface area contributed by atoms with Crippen LogP contribution in [-0.2, 0) is 20.8 Å². The van der Waals surface area contributed by atoms with Gasteiger partial charge in [-0.05, 0) is 178 Å². The van der Waals surface area contributed by atoms with E-state index in [9.17, 15) is 19.2 Å². The van der Waals surface area contributed by atoms with Crippen molar-refractivity contribution >= 4 is 55.7 Å². The summed E-state index contributed by atoms with van der Waals surface area (Å²) in [5.74, 6) is -1.79. The molecule has 4 aromatic rings. The van der Waals surface area contributed by atoms with Gasteiger partial charge in [0.15, 0.2) is 0 Å². The van der Waals surface area contributed by atoms with Crippen molar-refractivity contribution in [2.45, 2.75) is 113 Å². The highest BCUT2D eigenvalue weighted by molar-refractivity contribution is 9.10. The molecule has 0 amide bonds. The van der Waals surface area contributed by atoms with Gasteiger partial charge in [0.25, 0.3) is 0 Å². The number of carboxylic acid groups (broad SMARTS) is 1. The summed E-state index contributed by atoms with van der Waals surface area (Å²) in [6, 6.07) is 23.1. The molecule has 12 heteroatoms. The summed E-state index contributed by atoms with van der Waals surface area (Å²) in [6.45, 7) is 24.4. The van der Waals surface area contributed by atoms with E-state index >= 15 is 0 Å².